The molecule has 106 valence electrons. The number of rotatable bonds is 5. The Bertz CT molecular complexity index is 425. The first-order chi connectivity index (χ1) is 9.11. The molecule has 1 aromatic carbocycles. The molecular weight excluding hydrogens is 304 g/mol. The third kappa shape index (κ3) is 3.14. The molecule has 0 spiro atoms. The maximum absolute atomic E-state index is 10.7. The van der Waals surface area contributed by atoms with Crippen LogP contribution in [0.1, 0.15) is 44.6 Å². The maximum Gasteiger partial charge on any atom is 0.122 e. The zero-order valence-corrected chi connectivity index (χ0v) is 13.4. The lowest BCUT2D eigenvalue weighted by molar-refractivity contribution is 0.0253. The van der Waals surface area contributed by atoms with Gasteiger partial charge in [0.25, 0.3) is 0 Å². The number of aliphatic hydroxyl groups is 1. The van der Waals surface area contributed by atoms with Gasteiger partial charge >= 0.3 is 0 Å². The molecule has 1 aromatic rings. The minimum absolute atomic E-state index is 0.118. The smallest absolute Gasteiger partial charge is 0.122 e. The largest absolute Gasteiger partial charge is 0.496 e. The average Bonchev–Trinajstić information content (AvgIpc) is 2.89. The summed E-state index contributed by atoms with van der Waals surface area (Å²) in [6.07, 6.45) is 6.27. The molecule has 1 saturated carbocycles. The molecule has 1 aliphatic rings. The fraction of sp³-hybridized carbons (Fsp3) is 0.625. The molecular formula is C16H23BrO2. The minimum atomic E-state index is -0.275. The summed E-state index contributed by atoms with van der Waals surface area (Å²) in [7, 11) is 1.68. The van der Waals surface area contributed by atoms with Crippen LogP contribution in [-0.4, -0.2) is 18.3 Å². The second-order valence-electron chi connectivity index (χ2n) is 5.60. The molecule has 0 radical (unpaired) electrons. The minimum Gasteiger partial charge on any atom is -0.496 e. The van der Waals surface area contributed by atoms with Gasteiger partial charge in [0.2, 0.25) is 0 Å². The number of halogens is 1. The van der Waals surface area contributed by atoms with E-state index in [9.17, 15) is 5.11 Å². The summed E-state index contributed by atoms with van der Waals surface area (Å²) in [5.74, 6) is 0.867. The fourth-order valence-electron chi connectivity index (χ4n) is 3.33. The molecule has 1 atom stereocenters. The van der Waals surface area contributed by atoms with Crippen molar-refractivity contribution >= 4 is 15.9 Å². The summed E-state index contributed by atoms with van der Waals surface area (Å²) in [6, 6.07) is 5.99. The predicted octanol–water partition coefficient (Wildman–Crippen LogP) is 4.33. The number of aliphatic hydroxyl groups excluding tert-OH is 1. The molecule has 1 aliphatic carbocycles. The third-order valence-corrected chi connectivity index (χ3v) is 5.16. The van der Waals surface area contributed by atoms with Gasteiger partial charge in [-0.1, -0.05) is 35.7 Å². The van der Waals surface area contributed by atoms with Crippen LogP contribution in [0.3, 0.4) is 0 Å². The van der Waals surface area contributed by atoms with Crippen molar-refractivity contribution in [2.75, 3.05) is 7.11 Å². The van der Waals surface area contributed by atoms with E-state index in [1.807, 2.05) is 12.1 Å². The van der Waals surface area contributed by atoms with E-state index in [-0.39, 0.29) is 11.5 Å². The number of methoxy groups -OCH3 is 1. The third-order valence-electron chi connectivity index (χ3n) is 4.67. The van der Waals surface area contributed by atoms with E-state index >= 15 is 0 Å². The highest BCUT2D eigenvalue weighted by Gasteiger charge is 2.39. The van der Waals surface area contributed by atoms with E-state index in [2.05, 4.69) is 28.9 Å². The fourth-order valence-corrected chi connectivity index (χ4v) is 3.74. The van der Waals surface area contributed by atoms with Crippen LogP contribution in [0.25, 0.3) is 0 Å². The highest BCUT2D eigenvalue weighted by molar-refractivity contribution is 9.10. The van der Waals surface area contributed by atoms with Crippen LogP contribution in [-0.2, 0) is 6.42 Å². The van der Waals surface area contributed by atoms with Gasteiger partial charge in [0, 0.05) is 10.9 Å². The predicted molar refractivity (Wildman–Crippen MR) is 81.6 cm³/mol. The second-order valence-corrected chi connectivity index (χ2v) is 6.51. The molecule has 1 fully saturated rings. The lowest BCUT2D eigenvalue weighted by atomic mass is 9.75. The zero-order chi connectivity index (χ0) is 13.9. The Labute approximate surface area is 124 Å². The molecule has 19 heavy (non-hydrogen) atoms. The lowest BCUT2D eigenvalue weighted by Crippen LogP contribution is -2.33. The number of hydrogen-bond acceptors (Lipinski definition) is 2. The van der Waals surface area contributed by atoms with Crippen molar-refractivity contribution in [3.05, 3.63) is 28.2 Å². The normalized spacial score (nSPS) is 19.4. The van der Waals surface area contributed by atoms with Crippen LogP contribution in [0.15, 0.2) is 22.7 Å². The first-order valence-corrected chi connectivity index (χ1v) is 7.91. The lowest BCUT2D eigenvalue weighted by Gasteiger charge is -2.33. The summed E-state index contributed by atoms with van der Waals surface area (Å²) in [4.78, 5) is 0. The first-order valence-electron chi connectivity index (χ1n) is 7.12. The average molecular weight is 327 g/mol. The summed E-state index contributed by atoms with van der Waals surface area (Å²) < 4.78 is 6.43. The van der Waals surface area contributed by atoms with E-state index in [4.69, 9.17) is 4.74 Å². The molecule has 2 nitrogen and oxygen atoms in total. The van der Waals surface area contributed by atoms with Gasteiger partial charge < -0.3 is 9.84 Å². The van der Waals surface area contributed by atoms with Crippen molar-refractivity contribution in [2.45, 2.75) is 51.6 Å². The van der Waals surface area contributed by atoms with Crippen molar-refractivity contribution in [3.8, 4) is 5.75 Å². The highest BCUT2D eigenvalue weighted by Crippen LogP contribution is 2.45. The summed E-state index contributed by atoms with van der Waals surface area (Å²) >= 11 is 3.49. The van der Waals surface area contributed by atoms with Gasteiger partial charge in [-0.15, -0.1) is 0 Å². The Balaban J connectivity index is 2.18. The summed E-state index contributed by atoms with van der Waals surface area (Å²) in [6.45, 7) is 2.20. The Hall–Kier alpha value is -0.540. The van der Waals surface area contributed by atoms with Crippen molar-refractivity contribution in [2.24, 2.45) is 5.41 Å². The molecule has 0 amide bonds. The molecule has 0 aromatic heterocycles. The standard InChI is InChI=1S/C16H23BrO2/c1-3-16(8-4-5-9-16)15(18)11-12-10-13(17)6-7-14(12)19-2/h6-7,10,15,18H,3-5,8-9,11H2,1-2H3. The number of benzene rings is 1. The van der Waals surface area contributed by atoms with Gasteiger partial charge in [-0.2, -0.15) is 0 Å². The SMILES string of the molecule is CCC1(C(O)Cc2cc(Br)ccc2OC)CCCC1. The van der Waals surface area contributed by atoms with Crippen LogP contribution in [0.5, 0.6) is 5.75 Å². The first kappa shape index (κ1) is 14.9. The number of ether oxygens (including phenoxy) is 1. The van der Waals surface area contributed by atoms with Crippen LogP contribution in [0.4, 0.5) is 0 Å². The van der Waals surface area contributed by atoms with E-state index in [1.54, 1.807) is 7.11 Å². The van der Waals surface area contributed by atoms with Crippen molar-refractivity contribution < 1.29 is 9.84 Å². The Kier molecular flexibility index (Phi) is 4.91. The highest BCUT2D eigenvalue weighted by atomic mass is 79.9. The molecule has 1 unspecified atom stereocenters. The van der Waals surface area contributed by atoms with Gasteiger partial charge in [0.15, 0.2) is 0 Å². The monoisotopic (exact) mass is 326 g/mol. The quantitative estimate of drug-likeness (QED) is 0.872. The molecule has 3 heteroatoms. The molecule has 0 aliphatic heterocycles. The van der Waals surface area contributed by atoms with Gasteiger partial charge in [0.1, 0.15) is 5.75 Å². The van der Waals surface area contributed by atoms with Crippen LogP contribution in [0.2, 0.25) is 0 Å². The van der Waals surface area contributed by atoms with E-state index < -0.39 is 0 Å². The Morgan fingerprint density at radius 3 is 2.63 bits per heavy atom. The zero-order valence-electron chi connectivity index (χ0n) is 11.8. The van der Waals surface area contributed by atoms with Gasteiger partial charge in [-0.05, 0) is 48.4 Å². The van der Waals surface area contributed by atoms with Crippen molar-refractivity contribution in [3.63, 3.8) is 0 Å². The van der Waals surface area contributed by atoms with Gasteiger partial charge in [-0.25, -0.2) is 0 Å². The molecule has 2 rings (SSSR count). The van der Waals surface area contributed by atoms with Crippen molar-refractivity contribution in [1.82, 2.24) is 0 Å². The molecule has 1 N–H and O–H groups in total. The van der Waals surface area contributed by atoms with E-state index in [0.29, 0.717) is 6.42 Å². The molecule has 0 saturated heterocycles. The summed E-state index contributed by atoms with van der Waals surface area (Å²) in [5, 5.41) is 10.7. The van der Waals surface area contributed by atoms with Crippen LogP contribution >= 0.6 is 15.9 Å². The van der Waals surface area contributed by atoms with E-state index in [0.717, 1.165) is 35.0 Å². The van der Waals surface area contributed by atoms with Crippen LogP contribution < -0.4 is 4.74 Å². The molecule has 0 bridgehead atoms. The summed E-state index contributed by atoms with van der Waals surface area (Å²) in [5.41, 5.74) is 1.21. The Morgan fingerprint density at radius 2 is 2.05 bits per heavy atom. The van der Waals surface area contributed by atoms with Gasteiger partial charge in [0.05, 0.1) is 13.2 Å². The van der Waals surface area contributed by atoms with Crippen molar-refractivity contribution in [1.29, 1.82) is 0 Å². The topological polar surface area (TPSA) is 29.5 Å². The van der Waals surface area contributed by atoms with Crippen LogP contribution in [0, 0.1) is 5.41 Å². The maximum atomic E-state index is 10.7. The van der Waals surface area contributed by atoms with Gasteiger partial charge in [-0.3, -0.25) is 0 Å². The van der Waals surface area contributed by atoms with E-state index in [1.165, 1.54) is 12.8 Å². The second kappa shape index (κ2) is 6.27. The molecule has 0 heterocycles. The number of hydrogen-bond donors (Lipinski definition) is 1. The Morgan fingerprint density at radius 1 is 1.37 bits per heavy atom.